The van der Waals surface area contributed by atoms with E-state index in [9.17, 15) is 19.8 Å². The summed E-state index contributed by atoms with van der Waals surface area (Å²) in [5.41, 5.74) is 0.182. The Kier molecular flexibility index (Phi) is 3.77. The highest BCUT2D eigenvalue weighted by Crippen LogP contribution is 2.27. The molecule has 2 rings (SSSR count). The second-order valence-corrected chi connectivity index (χ2v) is 5.22. The zero-order chi connectivity index (χ0) is 14.2. The van der Waals surface area contributed by atoms with Crippen LogP contribution in [0, 0.1) is 0 Å². The van der Waals surface area contributed by atoms with Gasteiger partial charge in [-0.3, -0.25) is 4.79 Å². The van der Waals surface area contributed by atoms with E-state index >= 15 is 0 Å². The Morgan fingerprint density at radius 3 is 2.63 bits per heavy atom. The van der Waals surface area contributed by atoms with E-state index in [2.05, 4.69) is 15.9 Å². The molecule has 1 amide bonds. The first-order chi connectivity index (χ1) is 8.90. The summed E-state index contributed by atoms with van der Waals surface area (Å²) < 4.78 is 0.445. The van der Waals surface area contributed by atoms with E-state index in [0.29, 0.717) is 4.47 Å². The van der Waals surface area contributed by atoms with E-state index in [4.69, 9.17) is 5.11 Å². The lowest BCUT2D eigenvalue weighted by atomic mass is 10.1. The van der Waals surface area contributed by atoms with Gasteiger partial charge in [-0.2, -0.15) is 0 Å². The number of aliphatic hydroxyl groups excluding tert-OH is 1. The van der Waals surface area contributed by atoms with Gasteiger partial charge < -0.3 is 20.2 Å². The van der Waals surface area contributed by atoms with Gasteiger partial charge in [0.1, 0.15) is 11.8 Å². The van der Waals surface area contributed by atoms with E-state index in [-0.39, 0.29) is 24.3 Å². The van der Waals surface area contributed by atoms with Crippen LogP contribution < -0.4 is 0 Å². The molecule has 1 aliphatic rings. The first-order valence-corrected chi connectivity index (χ1v) is 6.40. The fraction of sp³-hybridized carbons (Fsp3) is 0.333. The van der Waals surface area contributed by atoms with Crippen molar-refractivity contribution in [1.82, 2.24) is 4.90 Å². The maximum Gasteiger partial charge on any atom is 0.326 e. The van der Waals surface area contributed by atoms with Crippen LogP contribution in [0.15, 0.2) is 22.7 Å². The second kappa shape index (κ2) is 5.18. The number of phenols is 1. The Bertz CT molecular complexity index is 533. The van der Waals surface area contributed by atoms with E-state index in [1.165, 1.54) is 18.2 Å². The Morgan fingerprint density at radius 2 is 2.05 bits per heavy atom. The molecule has 1 unspecified atom stereocenters. The molecule has 0 aromatic heterocycles. The molecule has 3 N–H and O–H groups in total. The SMILES string of the molecule is O=C(O)[C@@H]1CC(O)CN1C(=O)c1ccc(Br)c(O)c1. The zero-order valence-corrected chi connectivity index (χ0v) is 11.4. The Labute approximate surface area is 117 Å². The van der Waals surface area contributed by atoms with Gasteiger partial charge in [0.15, 0.2) is 0 Å². The summed E-state index contributed by atoms with van der Waals surface area (Å²) in [5.74, 6) is -1.77. The summed E-state index contributed by atoms with van der Waals surface area (Å²) in [6.45, 7) is -0.0212. The van der Waals surface area contributed by atoms with Crippen LogP contribution in [-0.2, 0) is 4.79 Å². The van der Waals surface area contributed by atoms with Crippen LogP contribution in [0.25, 0.3) is 0 Å². The van der Waals surface area contributed by atoms with Crippen molar-refractivity contribution in [1.29, 1.82) is 0 Å². The minimum atomic E-state index is -1.15. The molecule has 0 radical (unpaired) electrons. The molecule has 1 aromatic carbocycles. The molecular formula is C12H12BrNO5. The largest absolute Gasteiger partial charge is 0.507 e. The highest BCUT2D eigenvalue weighted by molar-refractivity contribution is 9.10. The van der Waals surface area contributed by atoms with Crippen molar-refractivity contribution in [3.05, 3.63) is 28.2 Å². The lowest BCUT2D eigenvalue weighted by Crippen LogP contribution is -2.40. The molecule has 1 saturated heterocycles. The lowest BCUT2D eigenvalue weighted by Gasteiger charge is -2.21. The minimum Gasteiger partial charge on any atom is -0.507 e. The summed E-state index contributed by atoms with van der Waals surface area (Å²) in [4.78, 5) is 24.4. The first kappa shape index (κ1) is 13.8. The molecule has 1 fully saturated rings. The maximum absolute atomic E-state index is 12.2. The number of hydrogen-bond acceptors (Lipinski definition) is 4. The maximum atomic E-state index is 12.2. The Balaban J connectivity index is 2.27. The van der Waals surface area contributed by atoms with Gasteiger partial charge in [-0.1, -0.05) is 0 Å². The number of β-amino-alcohol motifs (C(OH)–C–C–N with tert-alkyl or cyclic N) is 1. The van der Waals surface area contributed by atoms with Crippen LogP contribution in [0.3, 0.4) is 0 Å². The number of carbonyl (C=O) groups excluding carboxylic acids is 1. The third-order valence-corrected chi connectivity index (χ3v) is 3.69. The molecule has 2 atom stereocenters. The molecule has 102 valence electrons. The summed E-state index contributed by atoms with van der Waals surface area (Å²) in [5, 5.41) is 28.1. The number of hydrogen-bond donors (Lipinski definition) is 3. The van der Waals surface area contributed by atoms with Gasteiger partial charge >= 0.3 is 5.97 Å². The fourth-order valence-corrected chi connectivity index (χ4v) is 2.33. The summed E-state index contributed by atoms with van der Waals surface area (Å²) in [7, 11) is 0. The van der Waals surface area contributed by atoms with Crippen LogP contribution >= 0.6 is 15.9 Å². The number of amides is 1. The van der Waals surface area contributed by atoms with Crippen LogP contribution in [-0.4, -0.2) is 50.8 Å². The predicted octanol–water partition coefficient (Wildman–Crippen LogP) is 0.815. The number of aliphatic hydroxyl groups is 1. The topological polar surface area (TPSA) is 98.1 Å². The third kappa shape index (κ3) is 2.71. The molecule has 0 bridgehead atoms. The van der Waals surface area contributed by atoms with Crippen molar-refractivity contribution in [2.45, 2.75) is 18.6 Å². The molecular weight excluding hydrogens is 318 g/mol. The van der Waals surface area contributed by atoms with Crippen LogP contribution in [0.1, 0.15) is 16.8 Å². The van der Waals surface area contributed by atoms with Gasteiger partial charge in [-0.05, 0) is 34.1 Å². The average Bonchev–Trinajstić information content (AvgIpc) is 2.74. The number of carboxylic acid groups (broad SMARTS) is 1. The molecule has 1 aromatic rings. The summed E-state index contributed by atoms with van der Waals surface area (Å²) in [6, 6.07) is 3.21. The van der Waals surface area contributed by atoms with Gasteiger partial charge in [-0.15, -0.1) is 0 Å². The smallest absolute Gasteiger partial charge is 0.326 e. The number of benzene rings is 1. The van der Waals surface area contributed by atoms with E-state index in [1.54, 1.807) is 0 Å². The molecule has 7 heteroatoms. The minimum absolute atomic E-state index is 0.0174. The number of phenolic OH excluding ortho intramolecular Hbond substituents is 1. The lowest BCUT2D eigenvalue weighted by molar-refractivity contribution is -0.141. The number of rotatable bonds is 2. The number of halogens is 1. The molecule has 6 nitrogen and oxygen atoms in total. The standard InChI is InChI=1S/C12H12BrNO5/c13-8-2-1-6(3-10(8)16)11(17)14-5-7(15)4-9(14)12(18)19/h1-3,7,9,15-16H,4-5H2,(H,18,19)/t7?,9-/m0/s1. The van der Waals surface area contributed by atoms with Crippen molar-refractivity contribution >= 4 is 27.8 Å². The number of carbonyl (C=O) groups is 2. The van der Waals surface area contributed by atoms with Crippen LogP contribution in [0.2, 0.25) is 0 Å². The second-order valence-electron chi connectivity index (χ2n) is 4.37. The van der Waals surface area contributed by atoms with Gasteiger partial charge in [-0.25, -0.2) is 4.79 Å². The summed E-state index contributed by atoms with van der Waals surface area (Å²) >= 11 is 3.10. The monoisotopic (exact) mass is 329 g/mol. The zero-order valence-electron chi connectivity index (χ0n) is 9.78. The van der Waals surface area contributed by atoms with Gasteiger partial charge in [0.05, 0.1) is 10.6 Å². The highest BCUT2D eigenvalue weighted by atomic mass is 79.9. The van der Waals surface area contributed by atoms with Crippen molar-refractivity contribution < 1.29 is 24.9 Å². The van der Waals surface area contributed by atoms with Crippen LogP contribution in [0.4, 0.5) is 0 Å². The number of likely N-dealkylation sites (tertiary alicyclic amines) is 1. The van der Waals surface area contributed by atoms with Crippen molar-refractivity contribution in [3.63, 3.8) is 0 Å². The van der Waals surface area contributed by atoms with E-state index in [0.717, 1.165) is 4.90 Å². The quantitative estimate of drug-likeness (QED) is 0.746. The van der Waals surface area contributed by atoms with Gasteiger partial charge in [0.2, 0.25) is 0 Å². The molecule has 1 aliphatic heterocycles. The fourth-order valence-electron chi connectivity index (χ4n) is 2.08. The Morgan fingerprint density at radius 1 is 1.37 bits per heavy atom. The van der Waals surface area contributed by atoms with Gasteiger partial charge in [0.25, 0.3) is 5.91 Å². The van der Waals surface area contributed by atoms with E-state index < -0.39 is 24.0 Å². The van der Waals surface area contributed by atoms with Crippen molar-refractivity contribution in [2.24, 2.45) is 0 Å². The number of carboxylic acids is 1. The first-order valence-electron chi connectivity index (χ1n) is 5.60. The normalized spacial score (nSPS) is 22.5. The highest BCUT2D eigenvalue weighted by Gasteiger charge is 2.39. The van der Waals surface area contributed by atoms with E-state index in [1.807, 2.05) is 0 Å². The molecule has 19 heavy (non-hydrogen) atoms. The number of aromatic hydroxyl groups is 1. The Hall–Kier alpha value is -1.60. The molecule has 0 spiro atoms. The van der Waals surface area contributed by atoms with Gasteiger partial charge in [0, 0.05) is 18.5 Å². The predicted molar refractivity (Wildman–Crippen MR) is 68.9 cm³/mol. The van der Waals surface area contributed by atoms with Crippen LogP contribution in [0.5, 0.6) is 5.75 Å². The summed E-state index contributed by atoms with van der Waals surface area (Å²) in [6.07, 6.45) is -0.821. The third-order valence-electron chi connectivity index (χ3n) is 3.02. The number of aliphatic carboxylic acids is 1. The van der Waals surface area contributed by atoms with Crippen molar-refractivity contribution in [3.8, 4) is 5.75 Å². The van der Waals surface area contributed by atoms with Crippen molar-refractivity contribution in [2.75, 3.05) is 6.54 Å². The number of nitrogens with zero attached hydrogens (tertiary/aromatic N) is 1. The average molecular weight is 330 g/mol. The molecule has 0 saturated carbocycles. The molecule has 1 heterocycles. The molecule has 0 aliphatic carbocycles.